The molecule has 0 aromatic heterocycles. The van der Waals surface area contributed by atoms with E-state index in [1.54, 1.807) is 12.0 Å². The predicted octanol–water partition coefficient (Wildman–Crippen LogP) is 2.64. The Hall–Kier alpha value is -1.79. The van der Waals surface area contributed by atoms with Crippen molar-refractivity contribution >= 4 is 6.09 Å². The topological polar surface area (TPSA) is 54.0 Å². The molecular formula is C19H31N3O3. The maximum Gasteiger partial charge on any atom is 0.410 e. The van der Waals surface area contributed by atoms with Gasteiger partial charge in [-0.3, -0.25) is 0 Å². The molecule has 1 aliphatic rings. The lowest BCUT2D eigenvalue weighted by molar-refractivity contribution is 0.0195. The van der Waals surface area contributed by atoms with E-state index < -0.39 is 5.60 Å². The average molecular weight is 349 g/mol. The molecule has 1 amide bonds. The Balaban J connectivity index is 2.14. The van der Waals surface area contributed by atoms with Crippen LogP contribution >= 0.6 is 0 Å². The van der Waals surface area contributed by atoms with E-state index in [1.165, 1.54) is 0 Å². The van der Waals surface area contributed by atoms with Crippen LogP contribution in [0.4, 0.5) is 4.79 Å². The van der Waals surface area contributed by atoms with Crippen molar-refractivity contribution in [3.05, 3.63) is 29.3 Å². The van der Waals surface area contributed by atoms with Gasteiger partial charge in [0, 0.05) is 31.7 Å². The highest BCUT2D eigenvalue weighted by Crippen LogP contribution is 2.26. The Morgan fingerprint density at radius 2 is 2.08 bits per heavy atom. The van der Waals surface area contributed by atoms with Gasteiger partial charge in [0.05, 0.1) is 13.2 Å². The minimum Gasteiger partial charge on any atom is -0.496 e. The molecule has 1 aliphatic heterocycles. The number of carbonyl (C=O) groups is 1. The second kappa shape index (κ2) is 8.06. The first-order chi connectivity index (χ1) is 11.7. The summed E-state index contributed by atoms with van der Waals surface area (Å²) in [6, 6.07) is 6.32. The van der Waals surface area contributed by atoms with Crippen LogP contribution in [0.15, 0.2) is 18.2 Å². The molecule has 6 heteroatoms. The monoisotopic (exact) mass is 349 g/mol. The molecule has 2 rings (SSSR count). The number of ether oxygens (including phenoxy) is 2. The molecule has 0 aliphatic carbocycles. The van der Waals surface area contributed by atoms with Crippen molar-refractivity contribution in [3.63, 3.8) is 0 Å². The molecule has 1 fully saturated rings. The summed E-state index contributed by atoms with van der Waals surface area (Å²) in [5.41, 5.74) is 1.82. The summed E-state index contributed by atoms with van der Waals surface area (Å²) in [5, 5.41) is 3.50. The lowest BCUT2D eigenvalue weighted by Gasteiger charge is -2.35. The van der Waals surface area contributed by atoms with Gasteiger partial charge in [-0.1, -0.05) is 6.07 Å². The Kier molecular flexibility index (Phi) is 6.30. The summed E-state index contributed by atoms with van der Waals surface area (Å²) in [5.74, 6) is 0.886. The molecule has 0 bridgehead atoms. The smallest absolute Gasteiger partial charge is 0.410 e. The van der Waals surface area contributed by atoms with Crippen molar-refractivity contribution in [2.75, 3.05) is 40.8 Å². The largest absolute Gasteiger partial charge is 0.496 e. The molecule has 1 aromatic carbocycles. The van der Waals surface area contributed by atoms with Crippen LogP contribution in [0.25, 0.3) is 0 Å². The molecule has 1 saturated heterocycles. The van der Waals surface area contributed by atoms with E-state index >= 15 is 0 Å². The van der Waals surface area contributed by atoms with Gasteiger partial charge < -0.3 is 24.6 Å². The van der Waals surface area contributed by atoms with Gasteiger partial charge in [-0.2, -0.15) is 0 Å². The van der Waals surface area contributed by atoms with Crippen LogP contribution < -0.4 is 10.1 Å². The van der Waals surface area contributed by atoms with Crippen molar-refractivity contribution in [2.45, 2.75) is 39.0 Å². The van der Waals surface area contributed by atoms with E-state index in [2.05, 4.69) is 22.3 Å². The zero-order chi connectivity index (χ0) is 18.6. The molecule has 140 valence electrons. The highest BCUT2D eigenvalue weighted by molar-refractivity contribution is 5.68. The molecular weight excluding hydrogens is 318 g/mol. The molecule has 25 heavy (non-hydrogen) atoms. The van der Waals surface area contributed by atoms with E-state index in [-0.39, 0.29) is 12.1 Å². The SMILES string of the molecule is COc1ccc(C2CN(C(=O)OC(C)(C)C)CCN2)cc1CN(C)C. The number of nitrogens with one attached hydrogen (secondary N) is 1. The average Bonchev–Trinajstić information content (AvgIpc) is 2.53. The quantitative estimate of drug-likeness (QED) is 0.906. The van der Waals surface area contributed by atoms with Crippen molar-refractivity contribution in [1.82, 2.24) is 15.1 Å². The Morgan fingerprint density at radius 1 is 1.36 bits per heavy atom. The molecule has 1 unspecified atom stereocenters. The molecule has 1 N–H and O–H groups in total. The summed E-state index contributed by atoms with van der Waals surface area (Å²) < 4.78 is 11.0. The van der Waals surface area contributed by atoms with Crippen molar-refractivity contribution in [1.29, 1.82) is 0 Å². The third-order valence-electron chi connectivity index (χ3n) is 4.02. The second-order valence-corrected chi connectivity index (χ2v) is 7.74. The number of nitrogens with zero attached hydrogens (tertiary/aromatic N) is 2. The Labute approximate surface area is 151 Å². The zero-order valence-electron chi connectivity index (χ0n) is 16.3. The molecule has 0 radical (unpaired) electrons. The van der Waals surface area contributed by atoms with Crippen LogP contribution in [0.3, 0.4) is 0 Å². The molecule has 0 saturated carbocycles. The molecule has 1 aromatic rings. The summed E-state index contributed by atoms with van der Waals surface area (Å²) in [7, 11) is 5.77. The Morgan fingerprint density at radius 3 is 2.68 bits per heavy atom. The van der Waals surface area contributed by atoms with Crippen LogP contribution in [-0.2, 0) is 11.3 Å². The van der Waals surface area contributed by atoms with Crippen LogP contribution in [0.2, 0.25) is 0 Å². The van der Waals surface area contributed by atoms with E-state index in [0.717, 1.165) is 30.0 Å². The van der Waals surface area contributed by atoms with E-state index in [0.29, 0.717) is 13.1 Å². The maximum absolute atomic E-state index is 12.4. The zero-order valence-corrected chi connectivity index (χ0v) is 16.3. The number of methoxy groups -OCH3 is 1. The van der Waals surface area contributed by atoms with Gasteiger partial charge in [-0.15, -0.1) is 0 Å². The first-order valence-electron chi connectivity index (χ1n) is 8.72. The number of hydrogen-bond acceptors (Lipinski definition) is 5. The first kappa shape index (κ1) is 19.5. The summed E-state index contributed by atoms with van der Waals surface area (Å²) in [4.78, 5) is 16.2. The van der Waals surface area contributed by atoms with Crippen LogP contribution in [0, 0.1) is 0 Å². The number of hydrogen-bond donors (Lipinski definition) is 1. The van der Waals surface area contributed by atoms with Crippen molar-refractivity contribution in [2.24, 2.45) is 0 Å². The minimum absolute atomic E-state index is 0.0908. The van der Waals surface area contributed by atoms with Gasteiger partial charge in [0.1, 0.15) is 11.4 Å². The number of rotatable bonds is 4. The highest BCUT2D eigenvalue weighted by Gasteiger charge is 2.28. The van der Waals surface area contributed by atoms with Gasteiger partial charge in [0.15, 0.2) is 0 Å². The second-order valence-electron chi connectivity index (χ2n) is 7.74. The van der Waals surface area contributed by atoms with Crippen molar-refractivity contribution < 1.29 is 14.3 Å². The van der Waals surface area contributed by atoms with Gasteiger partial charge in [0.2, 0.25) is 0 Å². The van der Waals surface area contributed by atoms with E-state index in [9.17, 15) is 4.79 Å². The maximum atomic E-state index is 12.4. The van der Waals surface area contributed by atoms with Gasteiger partial charge in [-0.05, 0) is 52.6 Å². The summed E-state index contributed by atoms with van der Waals surface area (Å²) >= 11 is 0. The van der Waals surface area contributed by atoms with Gasteiger partial charge in [-0.25, -0.2) is 4.79 Å². The molecule has 0 spiro atoms. The van der Waals surface area contributed by atoms with Crippen LogP contribution in [0.1, 0.15) is 37.9 Å². The fourth-order valence-electron chi connectivity index (χ4n) is 2.95. The minimum atomic E-state index is -0.476. The van der Waals surface area contributed by atoms with Gasteiger partial charge >= 0.3 is 6.09 Å². The van der Waals surface area contributed by atoms with Crippen LogP contribution in [0.5, 0.6) is 5.75 Å². The third kappa shape index (κ3) is 5.61. The number of piperazine rings is 1. The van der Waals surface area contributed by atoms with Crippen LogP contribution in [-0.4, -0.2) is 62.3 Å². The first-order valence-corrected chi connectivity index (χ1v) is 8.72. The number of amides is 1. The Bertz CT molecular complexity index is 596. The fourth-order valence-corrected chi connectivity index (χ4v) is 2.95. The highest BCUT2D eigenvalue weighted by atomic mass is 16.6. The predicted molar refractivity (Wildman–Crippen MR) is 98.9 cm³/mol. The summed E-state index contributed by atoms with van der Waals surface area (Å²) in [6.45, 7) is 8.48. The lowest BCUT2D eigenvalue weighted by atomic mass is 10.0. The third-order valence-corrected chi connectivity index (χ3v) is 4.02. The normalized spacial score (nSPS) is 18.4. The number of benzene rings is 1. The standard InChI is InChI=1S/C19H31N3O3/c1-19(2,3)25-18(23)22-10-9-20-16(13-22)14-7-8-17(24-6)15(11-14)12-21(4)5/h7-8,11,16,20H,9-10,12-13H2,1-6H3. The van der Waals surface area contributed by atoms with Gasteiger partial charge in [0.25, 0.3) is 0 Å². The molecule has 1 atom stereocenters. The molecule has 6 nitrogen and oxygen atoms in total. The fraction of sp³-hybridized carbons (Fsp3) is 0.632. The summed E-state index contributed by atoms with van der Waals surface area (Å²) in [6.07, 6.45) is -0.249. The lowest BCUT2D eigenvalue weighted by Crippen LogP contribution is -2.49. The molecule has 1 heterocycles. The van der Waals surface area contributed by atoms with Crippen molar-refractivity contribution in [3.8, 4) is 5.75 Å². The van der Waals surface area contributed by atoms with E-state index in [1.807, 2.05) is 40.9 Å². The number of carbonyl (C=O) groups excluding carboxylic acids is 1. The van der Waals surface area contributed by atoms with E-state index in [4.69, 9.17) is 9.47 Å².